The van der Waals surface area contributed by atoms with Gasteiger partial charge in [-0.15, -0.1) is 5.10 Å². The number of hydrogen-bond acceptors (Lipinski definition) is 5. The van der Waals surface area contributed by atoms with Crippen LogP contribution >= 0.6 is 11.8 Å². The van der Waals surface area contributed by atoms with Gasteiger partial charge in [-0.05, 0) is 46.9 Å². The monoisotopic (exact) mass is 373 g/mol. The Morgan fingerprint density at radius 3 is 2.58 bits per heavy atom. The van der Waals surface area contributed by atoms with Crippen molar-refractivity contribution < 1.29 is 4.79 Å². The first-order valence-corrected chi connectivity index (χ1v) is 10.3. The lowest BCUT2D eigenvalue weighted by molar-refractivity contribution is -0.129. The van der Waals surface area contributed by atoms with Gasteiger partial charge in [-0.2, -0.15) is 4.68 Å². The standard InChI is InChI=1S/C19H27N5OS/c1-14(2)15-9-11-17(12-10-15)24-19(20-21-22-24)26-13-18(25)23(3)16-7-5-4-6-8-16/h9-12,14,16H,4-8,13H2,1-3H3. The van der Waals surface area contributed by atoms with Crippen LogP contribution in [0.3, 0.4) is 0 Å². The van der Waals surface area contributed by atoms with Crippen LogP contribution in [0, 0.1) is 0 Å². The third kappa shape index (κ3) is 4.44. The van der Waals surface area contributed by atoms with Crippen LogP contribution < -0.4 is 0 Å². The zero-order chi connectivity index (χ0) is 18.5. The molecule has 1 saturated carbocycles. The zero-order valence-corrected chi connectivity index (χ0v) is 16.6. The van der Waals surface area contributed by atoms with Gasteiger partial charge in [0.15, 0.2) is 0 Å². The molecule has 140 valence electrons. The van der Waals surface area contributed by atoms with Gasteiger partial charge >= 0.3 is 0 Å². The lowest BCUT2D eigenvalue weighted by Gasteiger charge is -2.31. The molecule has 0 bridgehead atoms. The highest BCUT2D eigenvalue weighted by atomic mass is 32.2. The number of benzene rings is 1. The van der Waals surface area contributed by atoms with Crippen molar-refractivity contribution in [3.63, 3.8) is 0 Å². The van der Waals surface area contributed by atoms with Crippen molar-refractivity contribution in [1.82, 2.24) is 25.1 Å². The Morgan fingerprint density at radius 2 is 1.92 bits per heavy atom. The second kappa shape index (κ2) is 8.66. The number of rotatable bonds is 6. The molecule has 0 radical (unpaired) electrons. The largest absolute Gasteiger partial charge is 0.342 e. The van der Waals surface area contributed by atoms with Crippen molar-refractivity contribution in [3.05, 3.63) is 29.8 Å². The minimum Gasteiger partial charge on any atom is -0.342 e. The molecule has 0 unspecified atom stereocenters. The van der Waals surface area contributed by atoms with Gasteiger partial charge in [0.05, 0.1) is 11.4 Å². The number of carbonyl (C=O) groups excluding carboxylic acids is 1. The molecule has 1 heterocycles. The molecule has 6 nitrogen and oxygen atoms in total. The molecular formula is C19H27N5OS. The van der Waals surface area contributed by atoms with E-state index in [2.05, 4.69) is 41.5 Å². The molecule has 0 saturated heterocycles. The third-order valence-corrected chi connectivity index (χ3v) is 5.99. The van der Waals surface area contributed by atoms with Crippen molar-refractivity contribution in [2.24, 2.45) is 0 Å². The molecule has 1 aliphatic carbocycles. The maximum Gasteiger partial charge on any atom is 0.233 e. The van der Waals surface area contributed by atoms with E-state index in [-0.39, 0.29) is 5.91 Å². The average Bonchev–Trinajstić information content (AvgIpc) is 3.15. The Labute approximate surface area is 159 Å². The van der Waals surface area contributed by atoms with Crippen molar-refractivity contribution in [1.29, 1.82) is 0 Å². The van der Waals surface area contributed by atoms with Crippen LogP contribution in [0.2, 0.25) is 0 Å². The molecule has 3 rings (SSSR count). The third-order valence-electron chi connectivity index (χ3n) is 5.09. The van der Waals surface area contributed by atoms with E-state index < -0.39 is 0 Å². The molecule has 7 heteroatoms. The van der Waals surface area contributed by atoms with Gasteiger partial charge in [-0.1, -0.05) is 57.0 Å². The quantitative estimate of drug-likeness (QED) is 0.723. The Kier molecular flexibility index (Phi) is 6.29. The molecule has 1 amide bonds. The second-order valence-corrected chi connectivity index (χ2v) is 8.15. The molecule has 1 aliphatic rings. The summed E-state index contributed by atoms with van der Waals surface area (Å²) in [5, 5.41) is 12.6. The fourth-order valence-corrected chi connectivity index (χ4v) is 4.15. The van der Waals surface area contributed by atoms with Crippen LogP contribution in [0.5, 0.6) is 0 Å². The number of aromatic nitrogens is 4. The highest BCUT2D eigenvalue weighted by Gasteiger charge is 2.22. The molecular weight excluding hydrogens is 346 g/mol. The van der Waals surface area contributed by atoms with E-state index in [0.29, 0.717) is 22.9 Å². The summed E-state index contributed by atoms with van der Waals surface area (Å²) < 4.78 is 1.70. The van der Waals surface area contributed by atoms with Crippen LogP contribution in [0.15, 0.2) is 29.4 Å². The fraction of sp³-hybridized carbons (Fsp3) is 0.579. The number of amides is 1. The van der Waals surface area contributed by atoms with E-state index in [1.54, 1.807) is 4.68 Å². The van der Waals surface area contributed by atoms with Crippen LogP contribution in [0.4, 0.5) is 0 Å². The molecule has 1 aromatic carbocycles. The molecule has 2 aromatic rings. The number of hydrogen-bond donors (Lipinski definition) is 0. The molecule has 0 aliphatic heterocycles. The molecule has 0 N–H and O–H groups in total. The summed E-state index contributed by atoms with van der Waals surface area (Å²) in [6, 6.07) is 8.62. The van der Waals surface area contributed by atoms with Gasteiger partial charge in [-0.3, -0.25) is 4.79 Å². The van der Waals surface area contributed by atoms with E-state index >= 15 is 0 Å². The summed E-state index contributed by atoms with van der Waals surface area (Å²) in [6.07, 6.45) is 5.97. The van der Waals surface area contributed by atoms with E-state index in [4.69, 9.17) is 0 Å². The second-order valence-electron chi connectivity index (χ2n) is 7.20. The van der Waals surface area contributed by atoms with Crippen molar-refractivity contribution in [2.75, 3.05) is 12.8 Å². The van der Waals surface area contributed by atoms with Crippen molar-refractivity contribution in [2.45, 2.75) is 63.1 Å². The SMILES string of the molecule is CC(C)c1ccc(-n2nnnc2SCC(=O)N(C)C2CCCCC2)cc1. The fourth-order valence-electron chi connectivity index (χ4n) is 3.33. The number of thioether (sulfide) groups is 1. The van der Waals surface area contributed by atoms with Crippen LogP contribution in [0.25, 0.3) is 5.69 Å². The molecule has 0 atom stereocenters. The Bertz CT molecular complexity index is 722. The Hall–Kier alpha value is -1.89. The van der Waals surface area contributed by atoms with Gasteiger partial charge in [-0.25, -0.2) is 0 Å². The smallest absolute Gasteiger partial charge is 0.233 e. The number of tetrazole rings is 1. The minimum absolute atomic E-state index is 0.145. The van der Waals surface area contributed by atoms with Crippen molar-refractivity contribution >= 4 is 17.7 Å². The lowest BCUT2D eigenvalue weighted by atomic mass is 9.94. The van der Waals surface area contributed by atoms with Gasteiger partial charge in [0.2, 0.25) is 11.1 Å². The lowest BCUT2D eigenvalue weighted by Crippen LogP contribution is -2.39. The number of nitrogens with zero attached hydrogens (tertiary/aromatic N) is 5. The van der Waals surface area contributed by atoms with Crippen molar-refractivity contribution in [3.8, 4) is 5.69 Å². The molecule has 0 spiro atoms. The van der Waals surface area contributed by atoms with Gasteiger partial charge in [0.25, 0.3) is 0 Å². The highest BCUT2D eigenvalue weighted by molar-refractivity contribution is 7.99. The first kappa shape index (κ1) is 18.9. The number of carbonyl (C=O) groups is 1. The maximum atomic E-state index is 12.5. The average molecular weight is 374 g/mol. The predicted octanol–water partition coefficient (Wildman–Crippen LogP) is 3.67. The van der Waals surface area contributed by atoms with E-state index in [0.717, 1.165) is 18.5 Å². The van der Waals surface area contributed by atoms with Crippen LogP contribution in [-0.2, 0) is 4.79 Å². The van der Waals surface area contributed by atoms with Gasteiger partial charge < -0.3 is 4.90 Å². The summed E-state index contributed by atoms with van der Waals surface area (Å²) in [6.45, 7) is 4.34. The summed E-state index contributed by atoms with van der Waals surface area (Å²) in [5.41, 5.74) is 2.19. The summed E-state index contributed by atoms with van der Waals surface area (Å²) in [4.78, 5) is 14.4. The van der Waals surface area contributed by atoms with Crippen LogP contribution in [0.1, 0.15) is 57.4 Å². The Morgan fingerprint density at radius 1 is 1.23 bits per heavy atom. The van der Waals surface area contributed by atoms with E-state index in [1.165, 1.54) is 36.6 Å². The predicted molar refractivity (Wildman–Crippen MR) is 104 cm³/mol. The first-order chi connectivity index (χ1) is 12.6. The highest BCUT2D eigenvalue weighted by Crippen LogP contribution is 2.24. The normalized spacial score (nSPS) is 15.4. The van der Waals surface area contributed by atoms with Gasteiger partial charge in [0, 0.05) is 13.1 Å². The summed E-state index contributed by atoms with van der Waals surface area (Å²) in [7, 11) is 1.92. The summed E-state index contributed by atoms with van der Waals surface area (Å²) in [5.74, 6) is 0.989. The van der Waals surface area contributed by atoms with Gasteiger partial charge in [0.1, 0.15) is 0 Å². The van der Waals surface area contributed by atoms with Crippen LogP contribution in [-0.4, -0.2) is 49.9 Å². The van der Waals surface area contributed by atoms with E-state index in [9.17, 15) is 4.79 Å². The zero-order valence-electron chi connectivity index (χ0n) is 15.8. The molecule has 1 fully saturated rings. The topological polar surface area (TPSA) is 63.9 Å². The molecule has 26 heavy (non-hydrogen) atoms. The summed E-state index contributed by atoms with van der Waals surface area (Å²) >= 11 is 1.40. The van der Waals surface area contributed by atoms with E-state index in [1.807, 2.05) is 24.1 Å². The maximum absolute atomic E-state index is 12.5. The first-order valence-electron chi connectivity index (χ1n) is 9.33. The Balaban J connectivity index is 1.62. The molecule has 1 aromatic heterocycles. The minimum atomic E-state index is 0.145.